The summed E-state index contributed by atoms with van der Waals surface area (Å²) in [6.07, 6.45) is 1.25. The van der Waals surface area contributed by atoms with E-state index in [1.54, 1.807) is 24.3 Å². The minimum absolute atomic E-state index is 0.0595. The van der Waals surface area contributed by atoms with E-state index in [2.05, 4.69) is 4.98 Å². The Morgan fingerprint density at radius 3 is 2.62 bits per heavy atom. The molecule has 5 heteroatoms. The number of nitrogens with zero attached hydrogens (tertiary/aromatic N) is 3. The van der Waals surface area contributed by atoms with Crippen LogP contribution in [0.15, 0.2) is 36.7 Å². The first-order valence-corrected chi connectivity index (χ1v) is 4.56. The van der Waals surface area contributed by atoms with Gasteiger partial charge in [-0.2, -0.15) is 5.26 Å². The molecule has 0 aliphatic carbocycles. The van der Waals surface area contributed by atoms with Gasteiger partial charge in [0.15, 0.2) is 5.69 Å². The summed E-state index contributed by atoms with van der Waals surface area (Å²) in [6, 6.07) is 10.5. The van der Waals surface area contributed by atoms with Crippen molar-refractivity contribution in [3.63, 3.8) is 0 Å². The third-order valence-corrected chi connectivity index (χ3v) is 2.15. The van der Waals surface area contributed by atoms with Crippen molar-refractivity contribution >= 4 is 11.7 Å². The minimum Gasteiger partial charge on any atom is -0.382 e. The van der Waals surface area contributed by atoms with Gasteiger partial charge in [-0.05, 0) is 12.1 Å². The van der Waals surface area contributed by atoms with E-state index in [0.29, 0.717) is 5.56 Å². The van der Waals surface area contributed by atoms with Gasteiger partial charge in [-0.3, -0.25) is 4.79 Å². The van der Waals surface area contributed by atoms with E-state index in [4.69, 9.17) is 11.0 Å². The number of hydrogen-bond donors (Lipinski definition) is 1. The molecule has 0 saturated carbocycles. The number of carbonyl (C=O) groups excluding carboxylic acids is 1. The molecule has 0 atom stereocenters. The molecular formula is C11H8N4O. The van der Waals surface area contributed by atoms with Crippen molar-refractivity contribution in [2.45, 2.75) is 0 Å². The molecule has 1 aromatic heterocycles. The van der Waals surface area contributed by atoms with Crippen molar-refractivity contribution in [3.8, 4) is 6.07 Å². The molecule has 0 unspecified atom stereocenters. The molecular weight excluding hydrogens is 204 g/mol. The first kappa shape index (κ1) is 9.93. The van der Waals surface area contributed by atoms with Crippen LogP contribution in [0.5, 0.6) is 0 Å². The summed E-state index contributed by atoms with van der Waals surface area (Å²) < 4.78 is 1.16. The quantitative estimate of drug-likeness (QED) is 0.764. The zero-order chi connectivity index (χ0) is 11.5. The molecule has 2 rings (SSSR count). The molecule has 1 heterocycles. The number of nitrogen functional groups attached to an aromatic ring is 1. The fraction of sp³-hybridized carbons (Fsp3) is 0. The molecule has 0 fully saturated rings. The second-order valence-corrected chi connectivity index (χ2v) is 3.13. The van der Waals surface area contributed by atoms with Gasteiger partial charge in [0.1, 0.15) is 18.2 Å². The number of nitrogens with two attached hydrogens (primary N) is 1. The van der Waals surface area contributed by atoms with Crippen LogP contribution in [0.25, 0.3) is 0 Å². The first-order chi connectivity index (χ1) is 7.74. The van der Waals surface area contributed by atoms with Crippen LogP contribution in [-0.4, -0.2) is 15.5 Å². The number of carbonyl (C=O) groups is 1. The largest absolute Gasteiger partial charge is 0.382 e. The van der Waals surface area contributed by atoms with Crippen molar-refractivity contribution in [1.29, 1.82) is 5.26 Å². The lowest BCUT2D eigenvalue weighted by Gasteiger charge is -2.02. The van der Waals surface area contributed by atoms with Crippen molar-refractivity contribution in [1.82, 2.24) is 9.55 Å². The van der Waals surface area contributed by atoms with Gasteiger partial charge in [-0.25, -0.2) is 9.55 Å². The normalized spacial score (nSPS) is 9.69. The summed E-state index contributed by atoms with van der Waals surface area (Å²) in [5.74, 6) is -0.233. The highest BCUT2D eigenvalue weighted by Gasteiger charge is 2.14. The molecule has 0 bridgehead atoms. The number of benzene rings is 1. The molecule has 0 radical (unpaired) electrons. The Morgan fingerprint density at radius 1 is 1.38 bits per heavy atom. The highest BCUT2D eigenvalue weighted by molar-refractivity contribution is 5.97. The van der Waals surface area contributed by atoms with Crippen molar-refractivity contribution in [3.05, 3.63) is 47.9 Å². The van der Waals surface area contributed by atoms with E-state index in [1.165, 1.54) is 6.33 Å². The van der Waals surface area contributed by atoms with Crippen LogP contribution in [-0.2, 0) is 0 Å². The van der Waals surface area contributed by atoms with Gasteiger partial charge < -0.3 is 5.73 Å². The highest BCUT2D eigenvalue weighted by atomic mass is 16.2. The van der Waals surface area contributed by atoms with Crippen LogP contribution in [0.4, 0.5) is 5.82 Å². The lowest BCUT2D eigenvalue weighted by Crippen LogP contribution is -2.13. The minimum atomic E-state index is -0.299. The number of hydrogen-bond acceptors (Lipinski definition) is 4. The molecule has 0 aliphatic rings. The number of nitriles is 1. The standard InChI is InChI=1S/C11H8N4O/c12-6-9-10(13)15(7-14-9)11(16)8-4-2-1-3-5-8/h1-5,7H,13H2. The Balaban J connectivity index is 2.43. The molecule has 2 N–H and O–H groups in total. The summed E-state index contributed by atoms with van der Waals surface area (Å²) in [5.41, 5.74) is 6.17. The fourth-order valence-electron chi connectivity index (χ4n) is 1.33. The van der Waals surface area contributed by atoms with Crippen molar-refractivity contribution in [2.75, 3.05) is 5.73 Å². The van der Waals surface area contributed by atoms with Crippen LogP contribution in [0, 0.1) is 11.3 Å². The highest BCUT2D eigenvalue weighted by Crippen LogP contribution is 2.11. The van der Waals surface area contributed by atoms with Gasteiger partial charge in [0.25, 0.3) is 5.91 Å². The second kappa shape index (κ2) is 3.87. The zero-order valence-electron chi connectivity index (χ0n) is 8.29. The number of rotatable bonds is 1. The van der Waals surface area contributed by atoms with Crippen molar-refractivity contribution < 1.29 is 4.79 Å². The van der Waals surface area contributed by atoms with E-state index >= 15 is 0 Å². The Hall–Kier alpha value is -2.61. The average Bonchev–Trinajstić information content (AvgIpc) is 2.70. The molecule has 1 aromatic carbocycles. The van der Waals surface area contributed by atoms with Gasteiger partial charge >= 0.3 is 0 Å². The van der Waals surface area contributed by atoms with Crippen LogP contribution in [0.3, 0.4) is 0 Å². The predicted octanol–water partition coefficient (Wildman–Crippen LogP) is 1.03. The average molecular weight is 212 g/mol. The Morgan fingerprint density at radius 2 is 2.06 bits per heavy atom. The summed E-state index contributed by atoms with van der Waals surface area (Å²) in [5, 5.41) is 8.67. The topological polar surface area (TPSA) is 84.7 Å². The Labute approximate surface area is 91.8 Å². The molecule has 0 spiro atoms. The van der Waals surface area contributed by atoms with Gasteiger partial charge in [-0.1, -0.05) is 18.2 Å². The van der Waals surface area contributed by atoms with Gasteiger partial charge in [0.2, 0.25) is 0 Å². The van der Waals surface area contributed by atoms with E-state index in [1.807, 2.05) is 12.1 Å². The molecule has 0 saturated heterocycles. The molecule has 0 amide bonds. The maximum atomic E-state index is 11.9. The fourth-order valence-corrected chi connectivity index (χ4v) is 1.33. The summed E-state index contributed by atoms with van der Waals surface area (Å²) >= 11 is 0. The Bertz CT molecular complexity index is 565. The van der Waals surface area contributed by atoms with E-state index < -0.39 is 0 Å². The number of anilines is 1. The summed E-state index contributed by atoms with van der Waals surface area (Å²) in [4.78, 5) is 15.7. The van der Waals surface area contributed by atoms with Crippen molar-refractivity contribution in [2.24, 2.45) is 0 Å². The Kier molecular flexibility index (Phi) is 2.40. The summed E-state index contributed by atoms with van der Waals surface area (Å²) in [7, 11) is 0. The van der Waals surface area contributed by atoms with E-state index in [-0.39, 0.29) is 17.4 Å². The SMILES string of the molecule is N#Cc1ncn(C(=O)c2ccccc2)c1N. The van der Waals surface area contributed by atoms with Gasteiger partial charge in [-0.15, -0.1) is 0 Å². The number of aromatic nitrogens is 2. The summed E-state index contributed by atoms with van der Waals surface area (Å²) in [6.45, 7) is 0. The number of imidazole rings is 1. The van der Waals surface area contributed by atoms with E-state index in [0.717, 1.165) is 4.57 Å². The van der Waals surface area contributed by atoms with Crippen LogP contribution in [0.1, 0.15) is 16.1 Å². The van der Waals surface area contributed by atoms with Gasteiger partial charge in [0, 0.05) is 5.56 Å². The third kappa shape index (κ3) is 1.53. The molecule has 2 aromatic rings. The van der Waals surface area contributed by atoms with E-state index in [9.17, 15) is 4.79 Å². The monoisotopic (exact) mass is 212 g/mol. The van der Waals surface area contributed by atoms with Crippen LogP contribution < -0.4 is 5.73 Å². The molecule has 0 aliphatic heterocycles. The molecule has 16 heavy (non-hydrogen) atoms. The zero-order valence-corrected chi connectivity index (χ0v) is 8.29. The lowest BCUT2D eigenvalue weighted by molar-refractivity contribution is 0.0962. The maximum Gasteiger partial charge on any atom is 0.264 e. The van der Waals surface area contributed by atoms with Crippen LogP contribution in [0.2, 0.25) is 0 Å². The lowest BCUT2D eigenvalue weighted by atomic mass is 10.2. The smallest absolute Gasteiger partial charge is 0.264 e. The van der Waals surface area contributed by atoms with Gasteiger partial charge in [0.05, 0.1) is 0 Å². The molecule has 78 valence electrons. The van der Waals surface area contributed by atoms with Crippen LogP contribution >= 0.6 is 0 Å². The first-order valence-electron chi connectivity index (χ1n) is 4.56. The second-order valence-electron chi connectivity index (χ2n) is 3.13. The third-order valence-electron chi connectivity index (χ3n) is 2.15. The molecule has 5 nitrogen and oxygen atoms in total. The maximum absolute atomic E-state index is 11.9. The predicted molar refractivity (Wildman–Crippen MR) is 57.5 cm³/mol.